The molecule has 54 heavy (non-hydrogen) atoms. The quantitative estimate of drug-likeness (QED) is 0.192. The average molecular weight is 751 g/mol. The van der Waals surface area contributed by atoms with E-state index in [0.29, 0.717) is 47.3 Å². The lowest BCUT2D eigenvalue weighted by Gasteiger charge is -2.24. The molecule has 2 aliphatic rings. The van der Waals surface area contributed by atoms with Gasteiger partial charge in [0.2, 0.25) is 0 Å². The second-order valence-corrected chi connectivity index (χ2v) is 13.1. The highest BCUT2D eigenvalue weighted by Gasteiger charge is 2.33. The summed E-state index contributed by atoms with van der Waals surface area (Å²) >= 11 is 0. The van der Waals surface area contributed by atoms with Crippen LogP contribution in [0.5, 0.6) is 0 Å². The predicted octanol–water partition coefficient (Wildman–Crippen LogP) is 6.56. The molecule has 0 spiro atoms. The van der Waals surface area contributed by atoms with Crippen LogP contribution in [-0.2, 0) is 25.2 Å². The Labute approximate surface area is 302 Å². The third-order valence-corrected chi connectivity index (χ3v) is 9.41. The molecule has 2 atom stereocenters. The zero-order valence-corrected chi connectivity index (χ0v) is 28.8. The average Bonchev–Trinajstić information content (AvgIpc) is 3.76. The van der Waals surface area contributed by atoms with E-state index in [-0.39, 0.29) is 23.2 Å². The van der Waals surface area contributed by atoms with Gasteiger partial charge in [0.15, 0.2) is 0 Å². The minimum Gasteiger partial charge on any atom is -0.311 e. The maximum Gasteiger partial charge on any atom is 0.416 e. The third kappa shape index (κ3) is 7.45. The topological polar surface area (TPSA) is 153 Å². The fourth-order valence-electron chi connectivity index (χ4n) is 6.97. The van der Waals surface area contributed by atoms with Gasteiger partial charge in [-0.1, -0.05) is 34.7 Å². The van der Waals surface area contributed by atoms with Crippen LogP contribution in [0.3, 0.4) is 0 Å². The largest absolute Gasteiger partial charge is 0.416 e. The number of hydrogen-bond donors (Lipinski definition) is 2. The van der Waals surface area contributed by atoms with Crippen LogP contribution >= 0.6 is 0 Å². The highest BCUT2D eigenvalue weighted by atomic mass is 19.4. The van der Waals surface area contributed by atoms with Crippen LogP contribution in [0, 0.1) is 13.8 Å². The zero-order valence-electron chi connectivity index (χ0n) is 28.8. The molecule has 6 heterocycles. The van der Waals surface area contributed by atoms with Crippen molar-refractivity contribution in [3.8, 4) is 22.8 Å². The number of halogens is 6. The van der Waals surface area contributed by atoms with E-state index < -0.39 is 23.5 Å². The van der Waals surface area contributed by atoms with E-state index in [0.717, 1.165) is 72.5 Å². The first-order valence-corrected chi connectivity index (χ1v) is 17.0. The predicted molar refractivity (Wildman–Crippen MR) is 182 cm³/mol. The summed E-state index contributed by atoms with van der Waals surface area (Å²) in [7, 11) is 0. The first-order chi connectivity index (χ1) is 25.7. The van der Waals surface area contributed by atoms with Gasteiger partial charge in [0.1, 0.15) is 34.4 Å². The van der Waals surface area contributed by atoms with Crippen LogP contribution in [0.4, 0.5) is 26.3 Å². The molecular weight excluding hydrogens is 718 g/mol. The minimum atomic E-state index is -4.36. The molecule has 2 N–H and O–H groups in total. The molecule has 12 nitrogen and oxygen atoms in total. The van der Waals surface area contributed by atoms with E-state index in [4.69, 9.17) is 0 Å². The van der Waals surface area contributed by atoms with Crippen LogP contribution in [-0.4, -0.2) is 49.9 Å². The lowest BCUT2D eigenvalue weighted by molar-refractivity contribution is -0.138. The Morgan fingerprint density at radius 3 is 1.31 bits per heavy atom. The number of benzene rings is 2. The summed E-state index contributed by atoms with van der Waals surface area (Å²) in [6.07, 6.45) is -4.10. The standard InChI is InChI=1S/2C18H16F3N5O/c2*1-10-22-13(9-16(27)23-10)17-15-4-2-3-14(26(15)25-24-17)11-5-7-12(8-6-11)18(19,20)21/h2*5-9,14H,2-4H2,1H3,(H,22,23,27)/t2*14-/m10/s1. The molecule has 8 rings (SSSR count). The van der Waals surface area contributed by atoms with E-state index in [9.17, 15) is 35.9 Å². The third-order valence-electron chi connectivity index (χ3n) is 9.41. The van der Waals surface area contributed by atoms with Crippen molar-refractivity contribution in [1.82, 2.24) is 49.9 Å². The highest BCUT2D eigenvalue weighted by Crippen LogP contribution is 2.37. The van der Waals surface area contributed by atoms with Gasteiger partial charge < -0.3 is 9.97 Å². The van der Waals surface area contributed by atoms with Gasteiger partial charge >= 0.3 is 12.4 Å². The first-order valence-electron chi connectivity index (χ1n) is 17.0. The number of nitrogens with one attached hydrogen (secondary N) is 2. The summed E-state index contributed by atoms with van der Waals surface area (Å²) in [5, 5.41) is 16.8. The number of rotatable bonds is 4. The summed E-state index contributed by atoms with van der Waals surface area (Å²) in [5.41, 5.74) is 3.26. The van der Waals surface area contributed by atoms with Gasteiger partial charge in [-0.15, -0.1) is 10.2 Å². The fraction of sp³-hybridized carbons (Fsp3) is 0.333. The number of nitrogens with zero attached hydrogens (tertiary/aromatic N) is 8. The van der Waals surface area contributed by atoms with Crippen LogP contribution < -0.4 is 11.1 Å². The maximum absolute atomic E-state index is 12.8. The summed E-state index contributed by atoms with van der Waals surface area (Å²) in [4.78, 5) is 37.3. The van der Waals surface area contributed by atoms with Gasteiger partial charge in [0.25, 0.3) is 11.1 Å². The molecule has 2 aromatic carbocycles. The smallest absolute Gasteiger partial charge is 0.311 e. The maximum atomic E-state index is 12.8. The summed E-state index contributed by atoms with van der Waals surface area (Å²) in [5.74, 6) is 0.962. The number of aryl methyl sites for hydroxylation is 2. The number of H-pyrrole nitrogens is 2. The van der Waals surface area contributed by atoms with Gasteiger partial charge in [0, 0.05) is 12.1 Å². The summed E-state index contributed by atoms with van der Waals surface area (Å²) in [6, 6.07) is 12.6. The van der Waals surface area contributed by atoms with E-state index in [1.165, 1.54) is 36.4 Å². The molecular formula is C36H32F6N10O2. The normalized spacial score (nSPS) is 17.0. The molecule has 0 bridgehead atoms. The summed E-state index contributed by atoms with van der Waals surface area (Å²) in [6.45, 7) is 3.37. The number of alkyl halides is 6. The van der Waals surface area contributed by atoms with Crippen molar-refractivity contribution < 1.29 is 26.3 Å². The summed E-state index contributed by atoms with van der Waals surface area (Å²) < 4.78 is 80.2. The molecule has 2 aliphatic heterocycles. The van der Waals surface area contributed by atoms with Gasteiger partial charge in [-0.3, -0.25) is 9.59 Å². The highest BCUT2D eigenvalue weighted by molar-refractivity contribution is 5.57. The molecule has 0 fully saturated rings. The number of hydrogen-bond acceptors (Lipinski definition) is 8. The molecule has 0 aliphatic carbocycles. The molecule has 0 radical (unpaired) electrons. The van der Waals surface area contributed by atoms with Crippen molar-refractivity contribution in [2.24, 2.45) is 0 Å². The van der Waals surface area contributed by atoms with Gasteiger partial charge in [-0.05, 0) is 87.8 Å². The van der Waals surface area contributed by atoms with Gasteiger partial charge in [-0.25, -0.2) is 19.3 Å². The Kier molecular flexibility index (Phi) is 9.53. The van der Waals surface area contributed by atoms with E-state index in [2.05, 4.69) is 40.6 Å². The van der Waals surface area contributed by atoms with E-state index >= 15 is 0 Å². The molecule has 18 heteroatoms. The lowest BCUT2D eigenvalue weighted by Crippen LogP contribution is -2.20. The van der Waals surface area contributed by atoms with Crippen molar-refractivity contribution in [2.75, 3.05) is 0 Å². The molecule has 4 aromatic heterocycles. The molecule has 6 aromatic rings. The number of aromatic amines is 2. The van der Waals surface area contributed by atoms with Crippen LogP contribution in [0.25, 0.3) is 22.8 Å². The van der Waals surface area contributed by atoms with Crippen LogP contribution in [0.2, 0.25) is 0 Å². The van der Waals surface area contributed by atoms with Crippen molar-refractivity contribution >= 4 is 0 Å². The molecule has 0 amide bonds. The second-order valence-electron chi connectivity index (χ2n) is 13.1. The van der Waals surface area contributed by atoms with Gasteiger partial charge in [-0.2, -0.15) is 26.3 Å². The first kappa shape index (κ1) is 36.4. The monoisotopic (exact) mass is 750 g/mol. The lowest BCUT2D eigenvalue weighted by atomic mass is 9.95. The molecule has 0 saturated heterocycles. The van der Waals surface area contributed by atoms with Crippen LogP contribution in [0.15, 0.2) is 70.3 Å². The Balaban J connectivity index is 0.000000167. The Bertz CT molecular complexity index is 2240. The number of aromatic nitrogens is 10. The fourth-order valence-corrected chi connectivity index (χ4v) is 6.97. The van der Waals surface area contributed by atoms with Crippen molar-refractivity contribution in [3.63, 3.8) is 0 Å². The zero-order chi connectivity index (χ0) is 38.4. The molecule has 280 valence electrons. The van der Waals surface area contributed by atoms with E-state index in [1.54, 1.807) is 23.2 Å². The van der Waals surface area contributed by atoms with Crippen molar-refractivity contribution in [2.45, 2.75) is 76.8 Å². The van der Waals surface area contributed by atoms with E-state index in [1.807, 2.05) is 0 Å². The molecule has 0 saturated carbocycles. The Morgan fingerprint density at radius 2 is 0.981 bits per heavy atom. The van der Waals surface area contributed by atoms with Crippen LogP contribution in [0.1, 0.15) is 83.1 Å². The Morgan fingerprint density at radius 1 is 0.611 bits per heavy atom. The minimum absolute atomic E-state index is 0.194. The molecule has 0 unspecified atom stereocenters. The van der Waals surface area contributed by atoms with Crippen molar-refractivity contribution in [3.05, 3.63) is 127 Å². The van der Waals surface area contributed by atoms with Gasteiger partial charge in [0.05, 0.1) is 34.6 Å². The van der Waals surface area contributed by atoms with Crippen molar-refractivity contribution in [1.29, 1.82) is 0 Å². The second kappa shape index (κ2) is 14.1. The number of fused-ring (bicyclic) bond motifs is 2. The Hall–Kier alpha value is -5.94. The SMILES string of the molecule is Cc1nc(-c2nnn3c2CCC[C@@H]3c2ccc(C(F)(F)F)cc2)cc(=O)[nH]1.Cc1nc(-c2nnn3c2CCC[C@H]3c2ccc(C(F)(F)F)cc2)cc(=O)[nH]1.